The van der Waals surface area contributed by atoms with E-state index in [2.05, 4.69) is 10.3 Å². The Bertz CT molecular complexity index is 921. The minimum absolute atomic E-state index is 0.0277. The van der Waals surface area contributed by atoms with Crippen molar-refractivity contribution in [2.75, 3.05) is 20.1 Å². The van der Waals surface area contributed by atoms with Gasteiger partial charge in [0.15, 0.2) is 0 Å². The molecule has 0 spiro atoms. The van der Waals surface area contributed by atoms with E-state index < -0.39 is 54.0 Å². The zero-order valence-corrected chi connectivity index (χ0v) is 17.6. The van der Waals surface area contributed by atoms with Crippen LogP contribution in [0, 0.1) is 0 Å². The molecule has 182 valence electrons. The van der Waals surface area contributed by atoms with E-state index in [0.717, 1.165) is 11.0 Å². The third-order valence-corrected chi connectivity index (χ3v) is 4.75. The van der Waals surface area contributed by atoms with E-state index in [-0.39, 0.29) is 18.3 Å². The Hall–Kier alpha value is -2.92. The molecule has 0 unspecified atom stereocenters. The molecule has 1 aliphatic rings. The summed E-state index contributed by atoms with van der Waals surface area (Å²) in [5.41, 5.74) is -2.70. The standard InChI is InChI=1S/C21H21F8N3O/c1-3-13(5-4-6-17(33)32-11-19(22,23)12-32)10-31-18(30-2)14-7-15(20(24,25)26)9-16(8-14)21(27,28)29/h4,6-10H,3,5,11-12H2,1-2H3,(H,30,31)/b6-4?,13-10+. The van der Waals surface area contributed by atoms with Gasteiger partial charge in [0.1, 0.15) is 5.84 Å². The third kappa shape index (κ3) is 7.29. The lowest BCUT2D eigenvalue weighted by Gasteiger charge is -2.37. The highest BCUT2D eigenvalue weighted by atomic mass is 19.4. The highest BCUT2D eigenvalue weighted by Gasteiger charge is 2.45. The van der Waals surface area contributed by atoms with Gasteiger partial charge in [0.2, 0.25) is 5.91 Å². The van der Waals surface area contributed by atoms with Crippen molar-refractivity contribution in [3.8, 4) is 0 Å². The number of carbonyl (C=O) groups is 1. The first kappa shape index (κ1) is 26.3. The summed E-state index contributed by atoms with van der Waals surface area (Å²) >= 11 is 0. The molecular formula is C21H21F8N3O. The lowest BCUT2D eigenvalue weighted by molar-refractivity contribution is -0.160. The van der Waals surface area contributed by atoms with E-state index in [1.807, 2.05) is 0 Å². The first-order chi connectivity index (χ1) is 15.2. The number of carbonyl (C=O) groups excluding carboxylic acids is 1. The van der Waals surface area contributed by atoms with Crippen LogP contribution < -0.4 is 5.32 Å². The number of hydrogen-bond acceptors (Lipinski definition) is 2. The summed E-state index contributed by atoms with van der Waals surface area (Å²) in [7, 11) is 1.21. The molecule has 1 aromatic rings. The zero-order chi connectivity index (χ0) is 25.0. The zero-order valence-electron chi connectivity index (χ0n) is 17.6. The maximum atomic E-state index is 13.1. The van der Waals surface area contributed by atoms with Crippen LogP contribution in [0.4, 0.5) is 35.1 Å². The quantitative estimate of drug-likeness (QED) is 0.255. The highest BCUT2D eigenvalue weighted by molar-refractivity contribution is 5.99. The number of amidine groups is 1. The van der Waals surface area contributed by atoms with Gasteiger partial charge in [0.25, 0.3) is 5.92 Å². The maximum Gasteiger partial charge on any atom is 0.416 e. The van der Waals surface area contributed by atoms with Crippen molar-refractivity contribution in [2.24, 2.45) is 4.99 Å². The molecule has 1 fully saturated rings. The van der Waals surface area contributed by atoms with Gasteiger partial charge in [0, 0.05) is 18.8 Å². The monoisotopic (exact) mass is 483 g/mol. The Morgan fingerprint density at radius 2 is 1.64 bits per heavy atom. The lowest BCUT2D eigenvalue weighted by atomic mass is 10.0. The minimum Gasteiger partial charge on any atom is -0.347 e. The van der Waals surface area contributed by atoms with E-state index in [0.29, 0.717) is 24.1 Å². The van der Waals surface area contributed by atoms with Crippen LogP contribution in [0.15, 0.2) is 47.1 Å². The van der Waals surface area contributed by atoms with Crippen molar-refractivity contribution in [3.63, 3.8) is 0 Å². The SMILES string of the molecule is CC/C(=C\NC(=NC)c1cc(C(F)(F)F)cc(C(F)(F)F)c1)CC=CC(=O)N1CC(F)(F)C1. The molecule has 12 heteroatoms. The number of hydrogen-bond donors (Lipinski definition) is 1. The Morgan fingerprint density at radius 3 is 2.06 bits per heavy atom. The molecule has 1 aromatic carbocycles. The summed E-state index contributed by atoms with van der Waals surface area (Å²) < 4.78 is 104. The first-order valence-corrected chi connectivity index (χ1v) is 9.70. The molecule has 1 amide bonds. The number of aliphatic imine (C=N–C) groups is 1. The predicted octanol–water partition coefficient (Wildman–Crippen LogP) is 5.41. The molecule has 0 atom stereocenters. The van der Waals surface area contributed by atoms with Gasteiger partial charge < -0.3 is 10.2 Å². The summed E-state index contributed by atoms with van der Waals surface area (Å²) in [5, 5.41) is 2.61. The lowest BCUT2D eigenvalue weighted by Crippen LogP contribution is -2.58. The average Bonchev–Trinajstić information content (AvgIpc) is 2.69. The molecule has 4 nitrogen and oxygen atoms in total. The van der Waals surface area contributed by atoms with Crippen LogP contribution in [-0.4, -0.2) is 42.7 Å². The Labute approximate surface area is 184 Å². The summed E-state index contributed by atoms with van der Waals surface area (Å²) in [4.78, 5) is 16.5. The van der Waals surface area contributed by atoms with Gasteiger partial charge in [-0.2, -0.15) is 26.3 Å². The van der Waals surface area contributed by atoms with Crippen molar-refractivity contribution >= 4 is 11.7 Å². The normalized spacial score (nSPS) is 17.3. The van der Waals surface area contributed by atoms with Gasteiger partial charge in [-0.3, -0.25) is 9.79 Å². The van der Waals surface area contributed by atoms with Crippen molar-refractivity contribution in [3.05, 3.63) is 58.8 Å². The molecule has 1 heterocycles. The second kappa shape index (κ2) is 9.92. The number of benzene rings is 1. The van der Waals surface area contributed by atoms with E-state index in [1.54, 1.807) is 6.92 Å². The Kier molecular flexibility index (Phi) is 7.91. The van der Waals surface area contributed by atoms with Crippen LogP contribution >= 0.6 is 0 Å². The molecule has 33 heavy (non-hydrogen) atoms. The van der Waals surface area contributed by atoms with Gasteiger partial charge in [-0.25, -0.2) is 8.78 Å². The molecule has 2 rings (SSSR count). The van der Waals surface area contributed by atoms with Crippen LogP contribution in [0.2, 0.25) is 0 Å². The fourth-order valence-corrected chi connectivity index (χ4v) is 2.93. The summed E-state index contributed by atoms with van der Waals surface area (Å²) in [6, 6.07) is 1.15. The number of nitrogens with one attached hydrogen (secondary N) is 1. The van der Waals surface area contributed by atoms with Gasteiger partial charge >= 0.3 is 12.4 Å². The number of amides is 1. The second-order valence-corrected chi connectivity index (χ2v) is 7.32. The van der Waals surface area contributed by atoms with E-state index in [9.17, 15) is 39.9 Å². The van der Waals surface area contributed by atoms with Gasteiger partial charge in [0.05, 0.1) is 24.2 Å². The number of halogens is 8. The largest absolute Gasteiger partial charge is 0.416 e. The Morgan fingerprint density at radius 1 is 1.09 bits per heavy atom. The topological polar surface area (TPSA) is 44.7 Å². The fourth-order valence-electron chi connectivity index (χ4n) is 2.93. The number of nitrogens with zero attached hydrogens (tertiary/aromatic N) is 2. The summed E-state index contributed by atoms with van der Waals surface area (Å²) in [6.07, 6.45) is -5.41. The summed E-state index contributed by atoms with van der Waals surface area (Å²) in [5.74, 6) is -3.68. The maximum absolute atomic E-state index is 13.1. The smallest absolute Gasteiger partial charge is 0.347 e. The van der Waals surface area contributed by atoms with Crippen molar-refractivity contribution in [1.82, 2.24) is 10.2 Å². The average molecular weight is 483 g/mol. The second-order valence-electron chi connectivity index (χ2n) is 7.32. The molecule has 0 aromatic heterocycles. The van der Waals surface area contributed by atoms with Gasteiger partial charge in [-0.15, -0.1) is 0 Å². The molecule has 1 N–H and O–H groups in total. The minimum atomic E-state index is -4.99. The number of rotatable bonds is 6. The van der Waals surface area contributed by atoms with Gasteiger partial charge in [-0.05, 0) is 37.1 Å². The van der Waals surface area contributed by atoms with Crippen molar-refractivity contribution < 1.29 is 39.9 Å². The Balaban J connectivity index is 2.15. The summed E-state index contributed by atoms with van der Waals surface area (Å²) in [6.45, 7) is 0.441. The van der Waals surface area contributed by atoms with Crippen molar-refractivity contribution in [1.29, 1.82) is 0 Å². The van der Waals surface area contributed by atoms with Crippen LogP contribution in [0.3, 0.4) is 0 Å². The first-order valence-electron chi connectivity index (χ1n) is 9.70. The molecule has 1 saturated heterocycles. The molecule has 0 aliphatic carbocycles. The number of alkyl halides is 8. The van der Waals surface area contributed by atoms with Crippen LogP contribution in [0.1, 0.15) is 36.5 Å². The third-order valence-electron chi connectivity index (χ3n) is 4.75. The van der Waals surface area contributed by atoms with Crippen molar-refractivity contribution in [2.45, 2.75) is 38.0 Å². The van der Waals surface area contributed by atoms with E-state index in [1.165, 1.54) is 19.3 Å². The molecule has 0 radical (unpaired) electrons. The van der Waals surface area contributed by atoms with E-state index >= 15 is 0 Å². The predicted molar refractivity (Wildman–Crippen MR) is 106 cm³/mol. The number of likely N-dealkylation sites (tertiary alicyclic amines) is 1. The molecular weight excluding hydrogens is 462 g/mol. The highest BCUT2D eigenvalue weighted by Crippen LogP contribution is 2.36. The van der Waals surface area contributed by atoms with E-state index in [4.69, 9.17) is 0 Å². The van der Waals surface area contributed by atoms with Crippen LogP contribution in [0.25, 0.3) is 0 Å². The van der Waals surface area contributed by atoms with Crippen LogP contribution in [0.5, 0.6) is 0 Å². The van der Waals surface area contributed by atoms with Crippen LogP contribution in [-0.2, 0) is 17.1 Å². The number of allylic oxidation sites excluding steroid dienone is 2. The molecule has 0 saturated carbocycles. The van der Waals surface area contributed by atoms with Gasteiger partial charge in [-0.1, -0.05) is 18.6 Å². The molecule has 1 aliphatic heterocycles. The molecule has 0 bridgehead atoms. The fraction of sp³-hybridized carbons (Fsp3) is 0.429.